The molecule has 0 aliphatic carbocycles. The molecule has 182 valence electrons. The van der Waals surface area contributed by atoms with Gasteiger partial charge in [0.1, 0.15) is 5.75 Å². The lowest BCUT2D eigenvalue weighted by Gasteiger charge is -2.41. The van der Waals surface area contributed by atoms with Gasteiger partial charge in [0.25, 0.3) is 0 Å². The van der Waals surface area contributed by atoms with E-state index in [0.29, 0.717) is 30.6 Å². The number of hydrogen-bond donors (Lipinski definition) is 2. The average Bonchev–Trinajstić information content (AvgIpc) is 3.10. The van der Waals surface area contributed by atoms with E-state index < -0.39 is 21.5 Å². The van der Waals surface area contributed by atoms with E-state index in [2.05, 4.69) is 11.4 Å². The van der Waals surface area contributed by atoms with Gasteiger partial charge in [-0.15, -0.1) is 0 Å². The fourth-order valence-corrected chi connectivity index (χ4v) is 6.15. The van der Waals surface area contributed by atoms with Gasteiger partial charge < -0.3 is 16.0 Å². The number of nitrogens with zero attached hydrogens (tertiary/aromatic N) is 1. The number of fused-ring (bicyclic) bond motifs is 2. The van der Waals surface area contributed by atoms with Crippen LogP contribution < -0.4 is 11.1 Å². The molecular weight excluding hydrogens is 450 g/mol. The molecular formula is C26H33N3O4S. The van der Waals surface area contributed by atoms with Gasteiger partial charge in [-0.25, -0.2) is 8.42 Å². The van der Waals surface area contributed by atoms with Gasteiger partial charge in [-0.1, -0.05) is 42.5 Å². The molecule has 3 atom stereocenters. The van der Waals surface area contributed by atoms with Crippen LogP contribution in [0.5, 0.6) is 0 Å². The Labute approximate surface area is 201 Å². The zero-order chi connectivity index (χ0) is 24.3. The second-order valence-electron chi connectivity index (χ2n) is 9.91. The van der Waals surface area contributed by atoms with Crippen molar-refractivity contribution in [2.75, 3.05) is 18.6 Å². The van der Waals surface area contributed by atoms with Crippen molar-refractivity contribution in [1.29, 1.82) is 0 Å². The molecule has 2 saturated heterocycles. The van der Waals surface area contributed by atoms with Crippen molar-refractivity contribution in [3.05, 3.63) is 71.3 Å². The molecule has 2 unspecified atom stereocenters. The smallest absolute Gasteiger partial charge is 0.248 e. The van der Waals surface area contributed by atoms with Crippen LogP contribution in [0.4, 0.5) is 0 Å². The maximum absolute atomic E-state index is 12.9. The zero-order valence-electron chi connectivity index (χ0n) is 19.6. The van der Waals surface area contributed by atoms with Gasteiger partial charge in [0.15, 0.2) is 9.84 Å². The number of amides is 2. The second-order valence-corrected chi connectivity index (χ2v) is 12.0. The predicted octanol–water partition coefficient (Wildman–Crippen LogP) is 2.62. The number of nitrogens with two attached hydrogens (primary N) is 1. The number of benzene rings is 2. The Morgan fingerprint density at radius 2 is 1.91 bits per heavy atom. The van der Waals surface area contributed by atoms with E-state index >= 15 is 0 Å². The lowest BCUT2D eigenvalue weighted by Crippen LogP contribution is -2.51. The van der Waals surface area contributed by atoms with E-state index in [9.17, 15) is 18.0 Å². The number of carbonyl (C=O) groups is 2. The Balaban J connectivity index is 1.50. The number of hydrogen-bond acceptors (Lipinski definition) is 5. The minimum absolute atomic E-state index is 0.114. The third-order valence-corrected chi connectivity index (χ3v) is 7.92. The van der Waals surface area contributed by atoms with E-state index in [-0.39, 0.29) is 11.4 Å². The Hall–Kier alpha value is -2.71. The highest BCUT2D eigenvalue weighted by Gasteiger charge is 2.45. The topological polar surface area (TPSA) is 110 Å². The molecule has 0 radical (unpaired) electrons. The summed E-state index contributed by atoms with van der Waals surface area (Å²) in [5, 5.41) is 3.80. The molecule has 3 N–H and O–H groups in total. The third kappa shape index (κ3) is 6.04. The van der Waals surface area contributed by atoms with Crippen LogP contribution >= 0.6 is 0 Å². The van der Waals surface area contributed by atoms with Gasteiger partial charge in [0.2, 0.25) is 11.8 Å². The largest absolute Gasteiger partial charge is 0.366 e. The van der Waals surface area contributed by atoms with E-state index in [0.717, 1.165) is 49.5 Å². The lowest BCUT2D eigenvalue weighted by molar-refractivity contribution is -0.129. The number of nitrogens with one attached hydrogen (secondary N) is 1. The van der Waals surface area contributed by atoms with Crippen LogP contribution in [-0.4, -0.2) is 55.3 Å². The molecule has 7 nitrogen and oxygen atoms in total. The van der Waals surface area contributed by atoms with Gasteiger partial charge in [-0.3, -0.25) is 9.59 Å². The molecule has 2 aliphatic heterocycles. The van der Waals surface area contributed by atoms with Crippen molar-refractivity contribution in [3.8, 4) is 0 Å². The van der Waals surface area contributed by atoms with Gasteiger partial charge in [0, 0.05) is 36.5 Å². The standard InChI is InChI=1S/C26H33N3O4S/c1-34(32,33)18-24(30)29(17-19-6-3-2-4-7-19)13-12-26-11-10-23(28-26)15-22(16-26)20-8-5-9-21(14-20)25(27)31/h2-9,14,22-23,28H,10-13,15-18H2,1H3,(H2,27,31)/t22?,23?,26-/m1/s1. The molecule has 2 aliphatic rings. The summed E-state index contributed by atoms with van der Waals surface area (Å²) in [6.07, 6.45) is 5.85. The number of piperidine rings is 1. The molecule has 2 fully saturated rings. The molecule has 4 rings (SSSR count). The summed E-state index contributed by atoms with van der Waals surface area (Å²) in [5.41, 5.74) is 8.01. The summed E-state index contributed by atoms with van der Waals surface area (Å²) >= 11 is 0. The van der Waals surface area contributed by atoms with Crippen LogP contribution in [0.1, 0.15) is 59.5 Å². The van der Waals surface area contributed by atoms with Crippen molar-refractivity contribution in [2.24, 2.45) is 5.73 Å². The Morgan fingerprint density at radius 3 is 2.62 bits per heavy atom. The van der Waals surface area contributed by atoms with Crippen molar-refractivity contribution >= 4 is 21.7 Å². The van der Waals surface area contributed by atoms with E-state index in [1.54, 1.807) is 11.0 Å². The van der Waals surface area contributed by atoms with Gasteiger partial charge >= 0.3 is 0 Å². The summed E-state index contributed by atoms with van der Waals surface area (Å²) in [5.74, 6) is -0.957. The second kappa shape index (κ2) is 9.88. The van der Waals surface area contributed by atoms with Gasteiger partial charge in [-0.05, 0) is 61.3 Å². The minimum Gasteiger partial charge on any atom is -0.366 e. The highest BCUT2D eigenvalue weighted by Crippen LogP contribution is 2.45. The first-order valence-electron chi connectivity index (χ1n) is 11.8. The van der Waals surface area contributed by atoms with E-state index in [4.69, 9.17) is 5.73 Å². The number of rotatable bonds is 9. The van der Waals surface area contributed by atoms with Crippen molar-refractivity contribution in [1.82, 2.24) is 10.2 Å². The number of sulfone groups is 1. The quantitative estimate of drug-likeness (QED) is 0.570. The van der Waals surface area contributed by atoms with Gasteiger partial charge in [-0.2, -0.15) is 0 Å². The normalized spacial score (nSPS) is 24.0. The first kappa shape index (κ1) is 24.4. The van der Waals surface area contributed by atoms with Crippen LogP contribution in [0, 0.1) is 0 Å². The molecule has 2 aromatic carbocycles. The summed E-state index contributed by atoms with van der Waals surface area (Å²) in [6.45, 7) is 0.871. The summed E-state index contributed by atoms with van der Waals surface area (Å²) in [7, 11) is -3.42. The first-order valence-corrected chi connectivity index (χ1v) is 13.9. The number of primary amides is 1. The fraction of sp³-hybridized carbons (Fsp3) is 0.462. The molecule has 0 aromatic heterocycles. The van der Waals surface area contributed by atoms with Crippen LogP contribution in [0.15, 0.2) is 54.6 Å². The Morgan fingerprint density at radius 1 is 1.15 bits per heavy atom. The molecule has 2 bridgehead atoms. The van der Waals surface area contributed by atoms with Crippen LogP contribution in [0.2, 0.25) is 0 Å². The highest BCUT2D eigenvalue weighted by molar-refractivity contribution is 7.91. The lowest BCUT2D eigenvalue weighted by atomic mass is 9.77. The average molecular weight is 484 g/mol. The zero-order valence-corrected chi connectivity index (χ0v) is 20.4. The van der Waals surface area contributed by atoms with Crippen LogP contribution in [0.3, 0.4) is 0 Å². The predicted molar refractivity (Wildman–Crippen MR) is 132 cm³/mol. The van der Waals surface area contributed by atoms with Crippen LogP contribution in [-0.2, 0) is 21.2 Å². The molecule has 0 spiro atoms. The number of carbonyl (C=O) groups excluding carboxylic acids is 2. The molecule has 2 heterocycles. The highest BCUT2D eigenvalue weighted by atomic mass is 32.2. The van der Waals surface area contributed by atoms with E-state index in [1.165, 1.54) is 0 Å². The monoisotopic (exact) mass is 483 g/mol. The molecule has 34 heavy (non-hydrogen) atoms. The first-order chi connectivity index (χ1) is 16.1. The Bertz CT molecular complexity index is 1150. The molecule has 0 saturated carbocycles. The van der Waals surface area contributed by atoms with Crippen molar-refractivity contribution in [3.63, 3.8) is 0 Å². The van der Waals surface area contributed by atoms with Crippen LogP contribution in [0.25, 0.3) is 0 Å². The summed E-state index contributed by atoms with van der Waals surface area (Å²) < 4.78 is 23.6. The summed E-state index contributed by atoms with van der Waals surface area (Å²) in [6, 6.07) is 17.6. The summed E-state index contributed by atoms with van der Waals surface area (Å²) in [4.78, 5) is 26.2. The van der Waals surface area contributed by atoms with Gasteiger partial charge in [0.05, 0.1) is 0 Å². The SMILES string of the molecule is CS(=O)(=O)CC(=O)N(CC[C@]12CCC(CC(c3cccc(C(N)=O)c3)C1)N2)Cc1ccccc1. The minimum atomic E-state index is -3.42. The fourth-order valence-electron chi connectivity index (χ4n) is 5.52. The van der Waals surface area contributed by atoms with Crippen molar-refractivity contribution < 1.29 is 18.0 Å². The molecule has 8 heteroatoms. The third-order valence-electron chi connectivity index (χ3n) is 7.15. The molecule has 2 amide bonds. The van der Waals surface area contributed by atoms with Crippen molar-refractivity contribution in [2.45, 2.75) is 56.1 Å². The maximum Gasteiger partial charge on any atom is 0.248 e. The maximum atomic E-state index is 12.9. The van der Waals surface area contributed by atoms with E-state index in [1.807, 2.05) is 42.5 Å². The molecule has 2 aromatic rings. The Kier molecular flexibility index (Phi) is 7.09.